The van der Waals surface area contributed by atoms with Crippen LogP contribution in [0.25, 0.3) is 0 Å². The monoisotopic (exact) mass is 1100 g/mol. The molecule has 2 aliphatic rings. The minimum Gasteiger partial charge on any atom is -0.382 e. The summed E-state index contributed by atoms with van der Waals surface area (Å²) in [7, 11) is 1.62. The highest BCUT2D eigenvalue weighted by molar-refractivity contribution is 6.12. The SMILES string of the molecule is COCCOCCOCCOCCOCCOCCOCCOCCOCCOCC(=O)NCCCCC(NC(=O)CCCN1C(=O)C=CC1=O)C(=O)NC(C(=O)NC(C)C(=O)NCC(=O)ON1C(=O)CCC1=O)C(C)C. The summed E-state index contributed by atoms with van der Waals surface area (Å²) in [6.45, 7) is 11.5. The molecule has 2 aliphatic heterocycles. The van der Waals surface area contributed by atoms with Gasteiger partial charge in [-0.15, -0.1) is 5.06 Å². The minimum absolute atomic E-state index is 0.0149. The molecule has 5 N–H and O–H groups in total. The smallest absolute Gasteiger partial charge is 0.352 e. The highest BCUT2D eigenvalue weighted by Gasteiger charge is 2.34. The number of hydrogen-bond donors (Lipinski definition) is 5. The van der Waals surface area contributed by atoms with Crippen LogP contribution in [0.4, 0.5) is 0 Å². The Kier molecular flexibility index (Phi) is 37.2. The summed E-state index contributed by atoms with van der Waals surface area (Å²) in [5, 5.41) is 13.1. The Morgan fingerprint density at radius 2 is 1.00 bits per heavy atom. The van der Waals surface area contributed by atoms with Crippen molar-refractivity contribution >= 4 is 59.1 Å². The number of nitrogens with one attached hydrogen (secondary N) is 5. The molecular weight excluding hydrogens is 1020 g/mol. The van der Waals surface area contributed by atoms with Crippen LogP contribution in [0.1, 0.15) is 65.7 Å². The van der Waals surface area contributed by atoms with Crippen LogP contribution < -0.4 is 26.6 Å². The van der Waals surface area contributed by atoms with Gasteiger partial charge in [0, 0.05) is 51.6 Å². The number of unbranched alkanes of at least 4 members (excludes halogenated alkanes) is 1. The van der Waals surface area contributed by atoms with E-state index in [9.17, 15) is 47.9 Å². The fraction of sp³-hybridized carbons (Fsp3) is 0.755. The van der Waals surface area contributed by atoms with Crippen molar-refractivity contribution in [2.24, 2.45) is 5.92 Å². The molecular formula is C49H81N7O21. The summed E-state index contributed by atoms with van der Waals surface area (Å²) in [6, 6.07) is -3.55. The Labute approximate surface area is 449 Å². The molecule has 0 radical (unpaired) electrons. The Morgan fingerprint density at radius 3 is 1.47 bits per heavy atom. The second-order valence-corrected chi connectivity index (χ2v) is 17.4. The van der Waals surface area contributed by atoms with E-state index in [1.54, 1.807) is 21.0 Å². The van der Waals surface area contributed by atoms with Crippen molar-refractivity contribution in [2.75, 3.05) is 152 Å². The zero-order valence-corrected chi connectivity index (χ0v) is 44.9. The van der Waals surface area contributed by atoms with Gasteiger partial charge in [0.1, 0.15) is 31.3 Å². The molecule has 0 aromatic rings. The summed E-state index contributed by atoms with van der Waals surface area (Å²) in [5.41, 5.74) is 0. The van der Waals surface area contributed by atoms with Crippen LogP contribution in [0.3, 0.4) is 0 Å². The van der Waals surface area contributed by atoms with Crippen LogP contribution in [-0.2, 0) is 100 Å². The zero-order valence-electron chi connectivity index (χ0n) is 44.9. The van der Waals surface area contributed by atoms with Gasteiger partial charge in [0.25, 0.3) is 23.6 Å². The van der Waals surface area contributed by atoms with E-state index in [2.05, 4.69) is 26.6 Å². The Hall–Kier alpha value is -5.56. The number of imide groups is 2. The van der Waals surface area contributed by atoms with Crippen molar-refractivity contribution in [3.05, 3.63) is 12.2 Å². The van der Waals surface area contributed by atoms with Crippen molar-refractivity contribution in [2.45, 2.75) is 83.8 Å². The first-order valence-electron chi connectivity index (χ1n) is 25.9. The van der Waals surface area contributed by atoms with Crippen molar-refractivity contribution in [3.63, 3.8) is 0 Å². The largest absolute Gasteiger partial charge is 0.382 e. The highest BCUT2D eigenvalue weighted by atomic mass is 16.7. The Balaban J connectivity index is 1.60. The van der Waals surface area contributed by atoms with Gasteiger partial charge < -0.3 is 78.8 Å². The third-order valence-electron chi connectivity index (χ3n) is 10.8. The van der Waals surface area contributed by atoms with Gasteiger partial charge in [0.2, 0.25) is 29.5 Å². The average molecular weight is 1100 g/mol. The molecule has 0 aromatic carbocycles. The lowest BCUT2D eigenvalue weighted by Crippen LogP contribution is -2.58. The number of carbonyl (C=O) groups is 10. The molecule has 0 bridgehead atoms. The fourth-order valence-electron chi connectivity index (χ4n) is 6.67. The van der Waals surface area contributed by atoms with E-state index in [1.165, 1.54) is 6.92 Å². The molecule has 3 atom stereocenters. The van der Waals surface area contributed by atoms with Crippen LogP contribution in [0.15, 0.2) is 12.2 Å². The van der Waals surface area contributed by atoms with Crippen LogP contribution in [0, 0.1) is 5.92 Å². The standard InChI is InChI=1S/C49H81N7O21/c1-36(2)46(49(66)52-37(3)47(64)51-34-45(63)77-56-43(61)12-13-44(56)62)54-48(65)38(53-39(57)9-7-15-55-41(59)10-11-42(55)60)8-5-6-14-50-40(58)35-76-33-32-75-31-30-74-29-28-73-27-26-72-25-24-71-23-22-70-21-20-69-19-18-68-17-16-67-4/h10-11,36-38,46H,5-9,12-35H2,1-4H3,(H,50,58)(H,51,64)(H,52,66)(H,53,57)(H,54,65). The number of carbonyl (C=O) groups excluding carboxylic acids is 10. The molecule has 28 nitrogen and oxygen atoms in total. The van der Waals surface area contributed by atoms with Crippen LogP contribution in [0.2, 0.25) is 0 Å². The van der Waals surface area contributed by atoms with Gasteiger partial charge in [-0.3, -0.25) is 48.1 Å². The summed E-state index contributed by atoms with van der Waals surface area (Å²) in [6.07, 6.45) is 2.86. The van der Waals surface area contributed by atoms with Gasteiger partial charge in [-0.05, 0) is 38.5 Å². The maximum atomic E-state index is 13.7. The second-order valence-electron chi connectivity index (χ2n) is 17.4. The minimum atomic E-state index is -1.21. The first kappa shape index (κ1) is 67.5. The van der Waals surface area contributed by atoms with Gasteiger partial charge in [-0.1, -0.05) is 13.8 Å². The van der Waals surface area contributed by atoms with E-state index in [0.717, 1.165) is 17.1 Å². The number of hydrogen-bond acceptors (Lipinski definition) is 21. The van der Waals surface area contributed by atoms with Crippen LogP contribution in [-0.4, -0.2) is 239 Å². The number of methoxy groups -OCH3 is 1. The number of ether oxygens (including phenoxy) is 10. The Bertz CT molecular complexity index is 1810. The van der Waals surface area contributed by atoms with Crippen molar-refractivity contribution in [1.29, 1.82) is 0 Å². The summed E-state index contributed by atoms with van der Waals surface area (Å²) >= 11 is 0. The first-order valence-corrected chi connectivity index (χ1v) is 25.9. The quantitative estimate of drug-likeness (QED) is 0.0314. The van der Waals surface area contributed by atoms with Crippen molar-refractivity contribution in [1.82, 2.24) is 36.5 Å². The normalized spacial score (nSPS) is 14.5. The van der Waals surface area contributed by atoms with Gasteiger partial charge >= 0.3 is 5.97 Å². The first-order chi connectivity index (χ1) is 37.1. The van der Waals surface area contributed by atoms with Crippen molar-refractivity contribution < 1.29 is 100 Å². The predicted octanol–water partition coefficient (Wildman–Crippen LogP) is -2.37. The van der Waals surface area contributed by atoms with E-state index in [-0.39, 0.29) is 70.9 Å². The molecule has 438 valence electrons. The highest BCUT2D eigenvalue weighted by Crippen LogP contribution is 2.12. The zero-order chi connectivity index (χ0) is 56.5. The number of rotatable bonds is 48. The summed E-state index contributed by atoms with van der Waals surface area (Å²) in [4.78, 5) is 130. The maximum Gasteiger partial charge on any atom is 0.352 e. The lowest BCUT2D eigenvalue weighted by atomic mass is 10.0. The lowest BCUT2D eigenvalue weighted by Gasteiger charge is -2.26. The predicted molar refractivity (Wildman–Crippen MR) is 268 cm³/mol. The number of hydroxylamine groups is 2. The fourth-order valence-corrected chi connectivity index (χ4v) is 6.67. The molecule has 77 heavy (non-hydrogen) atoms. The molecule has 1 saturated heterocycles. The van der Waals surface area contributed by atoms with E-state index in [4.69, 9.17) is 52.2 Å². The molecule has 0 saturated carbocycles. The van der Waals surface area contributed by atoms with E-state index in [0.29, 0.717) is 124 Å². The van der Waals surface area contributed by atoms with Gasteiger partial charge in [-0.25, -0.2) is 4.79 Å². The van der Waals surface area contributed by atoms with E-state index >= 15 is 0 Å². The molecule has 28 heteroatoms. The third-order valence-corrected chi connectivity index (χ3v) is 10.8. The van der Waals surface area contributed by atoms with E-state index in [1.807, 2.05) is 0 Å². The molecule has 1 fully saturated rings. The maximum absolute atomic E-state index is 13.7. The molecule has 9 amide bonds. The topological polar surface area (TPSA) is 339 Å². The Morgan fingerprint density at radius 1 is 0.532 bits per heavy atom. The van der Waals surface area contributed by atoms with Gasteiger partial charge in [0.15, 0.2) is 0 Å². The van der Waals surface area contributed by atoms with Gasteiger partial charge in [-0.2, -0.15) is 0 Å². The van der Waals surface area contributed by atoms with Crippen LogP contribution in [0.5, 0.6) is 0 Å². The molecule has 2 rings (SSSR count). The molecule has 2 heterocycles. The van der Waals surface area contributed by atoms with Crippen LogP contribution >= 0.6 is 0 Å². The molecule has 0 spiro atoms. The van der Waals surface area contributed by atoms with Gasteiger partial charge in [0.05, 0.1) is 119 Å². The van der Waals surface area contributed by atoms with Crippen molar-refractivity contribution in [3.8, 4) is 0 Å². The molecule has 0 aromatic heterocycles. The molecule has 0 aliphatic carbocycles. The molecule has 3 unspecified atom stereocenters. The summed E-state index contributed by atoms with van der Waals surface area (Å²) < 4.78 is 53.8. The lowest BCUT2D eigenvalue weighted by molar-refractivity contribution is -0.196. The number of amides is 9. The third kappa shape index (κ3) is 32.1. The van der Waals surface area contributed by atoms with E-state index < -0.39 is 83.8 Å². The number of nitrogens with zero attached hydrogens (tertiary/aromatic N) is 2. The summed E-state index contributed by atoms with van der Waals surface area (Å²) in [5.74, 6) is -7.18. The average Bonchev–Trinajstić information content (AvgIpc) is 3.90. The second kappa shape index (κ2) is 42.5.